The molecule has 0 atom stereocenters. The lowest BCUT2D eigenvalue weighted by molar-refractivity contribution is -0.122. The van der Waals surface area contributed by atoms with Gasteiger partial charge in [0.1, 0.15) is 5.82 Å². The fraction of sp³-hybridized carbons (Fsp3) is 0.571. The minimum atomic E-state index is -0.0343. The van der Waals surface area contributed by atoms with Gasteiger partial charge in [-0.15, -0.1) is 0 Å². The van der Waals surface area contributed by atoms with Crippen molar-refractivity contribution in [2.24, 2.45) is 11.7 Å². The van der Waals surface area contributed by atoms with Gasteiger partial charge in [0.25, 0.3) is 5.91 Å². The molecule has 4 N–H and O–H groups in total. The molecular weight excluding hydrogens is 254 g/mol. The summed E-state index contributed by atoms with van der Waals surface area (Å²) in [5.74, 6) is 1.33. The molecule has 0 radical (unpaired) electrons. The molecule has 0 saturated carbocycles. The molecule has 2 heterocycles. The van der Waals surface area contributed by atoms with Gasteiger partial charge in [-0.3, -0.25) is 20.5 Å². The van der Waals surface area contributed by atoms with E-state index in [1.807, 2.05) is 12.1 Å². The Morgan fingerprint density at radius 2 is 2.20 bits per heavy atom. The van der Waals surface area contributed by atoms with Crippen LogP contribution in [0.4, 0.5) is 5.82 Å². The molecule has 1 aromatic rings. The highest BCUT2D eigenvalue weighted by Crippen LogP contribution is 2.19. The van der Waals surface area contributed by atoms with Crippen LogP contribution in [0.2, 0.25) is 0 Å². The zero-order valence-corrected chi connectivity index (χ0v) is 11.7. The van der Waals surface area contributed by atoms with E-state index in [-0.39, 0.29) is 5.91 Å². The van der Waals surface area contributed by atoms with Gasteiger partial charge < -0.3 is 5.73 Å². The van der Waals surface area contributed by atoms with Crippen molar-refractivity contribution in [3.8, 4) is 0 Å². The Morgan fingerprint density at radius 1 is 1.40 bits per heavy atom. The molecule has 1 saturated heterocycles. The number of hydrogen-bond acceptors (Lipinski definition) is 5. The molecule has 1 fully saturated rings. The molecule has 0 spiro atoms. The fourth-order valence-corrected chi connectivity index (χ4v) is 2.48. The van der Waals surface area contributed by atoms with Crippen LogP contribution in [0.25, 0.3) is 0 Å². The molecule has 1 aliphatic rings. The van der Waals surface area contributed by atoms with Gasteiger partial charge in [-0.25, -0.2) is 4.98 Å². The highest BCUT2D eigenvalue weighted by Gasteiger charge is 2.20. The minimum Gasteiger partial charge on any atom is -0.330 e. The van der Waals surface area contributed by atoms with E-state index in [4.69, 9.17) is 5.73 Å². The number of amides is 1. The van der Waals surface area contributed by atoms with Gasteiger partial charge in [0, 0.05) is 6.20 Å². The number of hydrazine groups is 1. The summed E-state index contributed by atoms with van der Waals surface area (Å²) in [4.78, 5) is 18.1. The third-order valence-electron chi connectivity index (χ3n) is 3.64. The summed E-state index contributed by atoms with van der Waals surface area (Å²) in [5.41, 5.74) is 11.1. The number of rotatable bonds is 6. The number of pyridine rings is 1. The summed E-state index contributed by atoms with van der Waals surface area (Å²) in [6.45, 7) is 3.14. The van der Waals surface area contributed by atoms with Crippen molar-refractivity contribution < 1.29 is 4.79 Å². The summed E-state index contributed by atoms with van der Waals surface area (Å²) in [6.07, 6.45) is 5.05. The number of anilines is 1. The van der Waals surface area contributed by atoms with E-state index in [1.165, 1.54) is 0 Å². The van der Waals surface area contributed by atoms with Crippen LogP contribution in [0.3, 0.4) is 0 Å². The molecule has 0 unspecified atom stereocenters. The Bertz CT molecular complexity index is 403. The fourth-order valence-electron chi connectivity index (χ4n) is 2.48. The molecule has 2 rings (SSSR count). The third kappa shape index (κ3) is 4.79. The Balaban J connectivity index is 1.65. The maximum Gasteiger partial charge on any atom is 0.252 e. The first-order chi connectivity index (χ1) is 9.78. The normalized spacial score (nSPS) is 16.9. The molecule has 0 aliphatic carbocycles. The van der Waals surface area contributed by atoms with Crippen LogP contribution < -0.4 is 16.6 Å². The predicted molar refractivity (Wildman–Crippen MR) is 78.8 cm³/mol. The summed E-state index contributed by atoms with van der Waals surface area (Å²) >= 11 is 0. The van der Waals surface area contributed by atoms with Crippen molar-refractivity contribution >= 4 is 11.7 Å². The number of hydrogen-bond donors (Lipinski definition) is 3. The molecule has 1 amide bonds. The summed E-state index contributed by atoms with van der Waals surface area (Å²) in [7, 11) is 0. The number of nitrogens with two attached hydrogens (primary N) is 1. The molecule has 20 heavy (non-hydrogen) atoms. The maximum absolute atomic E-state index is 11.8. The second-order valence-electron chi connectivity index (χ2n) is 5.19. The van der Waals surface area contributed by atoms with Gasteiger partial charge >= 0.3 is 0 Å². The van der Waals surface area contributed by atoms with Crippen molar-refractivity contribution in [2.75, 3.05) is 31.6 Å². The number of carbonyl (C=O) groups excluding carboxylic acids is 1. The lowest BCUT2D eigenvalue weighted by atomic mass is 9.94. The molecule has 1 aliphatic heterocycles. The molecular formula is C14H23N5O. The van der Waals surface area contributed by atoms with Gasteiger partial charge in [-0.05, 0) is 56.9 Å². The average Bonchev–Trinajstić information content (AvgIpc) is 2.49. The van der Waals surface area contributed by atoms with E-state index in [0.29, 0.717) is 12.4 Å². The van der Waals surface area contributed by atoms with Crippen LogP contribution >= 0.6 is 0 Å². The van der Waals surface area contributed by atoms with Crippen molar-refractivity contribution in [3.05, 3.63) is 24.4 Å². The lowest BCUT2D eigenvalue weighted by Crippen LogP contribution is -2.43. The van der Waals surface area contributed by atoms with Gasteiger partial charge in [0.15, 0.2) is 0 Å². The number of piperidine rings is 1. The first-order valence-corrected chi connectivity index (χ1v) is 7.16. The predicted octanol–water partition coefficient (Wildman–Crippen LogP) is 0.586. The largest absolute Gasteiger partial charge is 0.330 e. The van der Waals surface area contributed by atoms with Gasteiger partial charge in [-0.1, -0.05) is 6.07 Å². The van der Waals surface area contributed by atoms with Crippen LogP contribution in [0.15, 0.2) is 24.4 Å². The summed E-state index contributed by atoms with van der Waals surface area (Å²) in [5, 5.41) is 0. The van der Waals surface area contributed by atoms with Crippen LogP contribution in [-0.4, -0.2) is 42.0 Å². The molecule has 110 valence electrons. The van der Waals surface area contributed by atoms with Crippen LogP contribution in [-0.2, 0) is 4.79 Å². The Morgan fingerprint density at radius 3 is 2.85 bits per heavy atom. The smallest absolute Gasteiger partial charge is 0.252 e. The van der Waals surface area contributed by atoms with E-state index < -0.39 is 0 Å². The summed E-state index contributed by atoms with van der Waals surface area (Å²) < 4.78 is 0. The monoisotopic (exact) mass is 277 g/mol. The van der Waals surface area contributed by atoms with Crippen LogP contribution in [0.5, 0.6) is 0 Å². The summed E-state index contributed by atoms with van der Waals surface area (Å²) in [6, 6.07) is 5.50. The molecule has 0 bridgehead atoms. The highest BCUT2D eigenvalue weighted by atomic mass is 16.2. The van der Waals surface area contributed by atoms with Crippen molar-refractivity contribution in [1.29, 1.82) is 0 Å². The standard InChI is InChI=1S/C14H23N5O/c15-7-4-12-5-9-19(10-6-12)11-14(20)18-17-13-3-1-2-8-16-13/h1-3,8,12H,4-7,9-11,15H2,(H,16,17)(H,18,20). The molecule has 1 aromatic heterocycles. The van der Waals surface area contributed by atoms with E-state index in [9.17, 15) is 4.79 Å². The highest BCUT2D eigenvalue weighted by molar-refractivity contribution is 5.79. The topological polar surface area (TPSA) is 83.3 Å². The lowest BCUT2D eigenvalue weighted by Gasteiger charge is -2.31. The SMILES string of the molecule is NCCC1CCN(CC(=O)NNc2ccccn2)CC1. The van der Waals surface area contributed by atoms with Crippen LogP contribution in [0.1, 0.15) is 19.3 Å². The van der Waals surface area contributed by atoms with E-state index in [1.54, 1.807) is 12.3 Å². The quantitative estimate of drug-likeness (QED) is 0.663. The number of nitrogens with one attached hydrogen (secondary N) is 2. The van der Waals surface area contributed by atoms with E-state index in [2.05, 4.69) is 20.7 Å². The average molecular weight is 277 g/mol. The van der Waals surface area contributed by atoms with E-state index in [0.717, 1.165) is 44.8 Å². The van der Waals surface area contributed by atoms with Gasteiger partial charge in [0.2, 0.25) is 0 Å². The van der Waals surface area contributed by atoms with Crippen molar-refractivity contribution in [3.63, 3.8) is 0 Å². The van der Waals surface area contributed by atoms with Crippen molar-refractivity contribution in [2.45, 2.75) is 19.3 Å². The Hall–Kier alpha value is -1.66. The Labute approximate surface area is 119 Å². The minimum absolute atomic E-state index is 0.0343. The first-order valence-electron chi connectivity index (χ1n) is 7.16. The number of likely N-dealkylation sites (tertiary alicyclic amines) is 1. The first kappa shape index (κ1) is 14.7. The third-order valence-corrected chi connectivity index (χ3v) is 3.64. The Kier molecular flexibility index (Phi) is 5.76. The van der Waals surface area contributed by atoms with Crippen LogP contribution in [0, 0.1) is 5.92 Å². The zero-order chi connectivity index (χ0) is 14.2. The maximum atomic E-state index is 11.8. The van der Waals surface area contributed by atoms with Crippen molar-refractivity contribution in [1.82, 2.24) is 15.3 Å². The number of nitrogens with zero attached hydrogens (tertiary/aromatic N) is 2. The van der Waals surface area contributed by atoms with E-state index >= 15 is 0 Å². The molecule has 0 aromatic carbocycles. The van der Waals surface area contributed by atoms with Gasteiger partial charge in [0.05, 0.1) is 6.54 Å². The molecule has 6 nitrogen and oxygen atoms in total. The van der Waals surface area contributed by atoms with Gasteiger partial charge in [-0.2, -0.15) is 0 Å². The second-order valence-corrected chi connectivity index (χ2v) is 5.19. The second kappa shape index (κ2) is 7.81. The molecule has 6 heteroatoms. The number of carbonyl (C=O) groups is 1. The number of aromatic nitrogens is 1. The zero-order valence-electron chi connectivity index (χ0n) is 11.7.